The second-order valence-electron chi connectivity index (χ2n) is 6.96. The highest BCUT2D eigenvalue weighted by molar-refractivity contribution is 5.89. The summed E-state index contributed by atoms with van der Waals surface area (Å²) in [5.41, 5.74) is 0.691. The van der Waals surface area contributed by atoms with Gasteiger partial charge in [-0.25, -0.2) is 0 Å². The monoisotopic (exact) mass is 317 g/mol. The van der Waals surface area contributed by atoms with Crippen molar-refractivity contribution in [2.45, 2.75) is 43.9 Å². The highest BCUT2D eigenvalue weighted by Gasteiger charge is 2.45. The van der Waals surface area contributed by atoms with Crippen LogP contribution in [0.4, 0.5) is 0 Å². The van der Waals surface area contributed by atoms with Crippen molar-refractivity contribution in [2.75, 3.05) is 26.8 Å². The van der Waals surface area contributed by atoms with Crippen LogP contribution in [0.3, 0.4) is 0 Å². The molecule has 2 aliphatic rings. The summed E-state index contributed by atoms with van der Waals surface area (Å²) in [5.74, 6) is 1.30. The van der Waals surface area contributed by atoms with E-state index < -0.39 is 5.41 Å². The van der Waals surface area contributed by atoms with Gasteiger partial charge < -0.3 is 14.7 Å². The Bertz CT molecular complexity index is 551. The van der Waals surface area contributed by atoms with Gasteiger partial charge >= 0.3 is 0 Å². The predicted octanol–water partition coefficient (Wildman–Crippen LogP) is 2.74. The minimum absolute atomic E-state index is 0.177. The first-order valence-electron chi connectivity index (χ1n) is 8.74. The van der Waals surface area contributed by atoms with E-state index in [0.717, 1.165) is 56.4 Å². The van der Waals surface area contributed by atoms with Crippen LogP contribution in [0.5, 0.6) is 5.75 Å². The molecule has 1 aliphatic carbocycles. The topological polar surface area (TPSA) is 49.8 Å². The number of likely N-dealkylation sites (tertiary alicyclic amines) is 1. The van der Waals surface area contributed by atoms with Crippen LogP contribution in [-0.2, 0) is 10.2 Å². The molecular weight excluding hydrogens is 290 g/mol. The van der Waals surface area contributed by atoms with Crippen molar-refractivity contribution in [3.8, 4) is 5.75 Å². The van der Waals surface area contributed by atoms with E-state index in [4.69, 9.17) is 4.74 Å². The van der Waals surface area contributed by atoms with Crippen molar-refractivity contribution >= 4 is 5.91 Å². The van der Waals surface area contributed by atoms with Gasteiger partial charge in [0.05, 0.1) is 12.5 Å². The quantitative estimate of drug-likeness (QED) is 0.929. The smallest absolute Gasteiger partial charge is 0.233 e. The summed E-state index contributed by atoms with van der Waals surface area (Å²) in [7, 11) is 1.67. The van der Waals surface area contributed by atoms with Crippen LogP contribution in [-0.4, -0.2) is 42.7 Å². The van der Waals surface area contributed by atoms with E-state index in [2.05, 4.69) is 6.07 Å². The molecule has 3 rings (SSSR count). The molecule has 4 heteroatoms. The molecule has 1 N–H and O–H groups in total. The molecule has 4 nitrogen and oxygen atoms in total. The van der Waals surface area contributed by atoms with E-state index in [-0.39, 0.29) is 18.4 Å². The Morgan fingerprint density at radius 3 is 2.83 bits per heavy atom. The Kier molecular flexibility index (Phi) is 4.90. The number of amides is 1. The van der Waals surface area contributed by atoms with Gasteiger partial charge in [0.2, 0.25) is 5.91 Å². The van der Waals surface area contributed by atoms with Crippen LogP contribution in [0.2, 0.25) is 0 Å². The predicted molar refractivity (Wildman–Crippen MR) is 89.5 cm³/mol. The zero-order valence-electron chi connectivity index (χ0n) is 14.0. The molecular formula is C19H27NO3. The fourth-order valence-electron chi connectivity index (χ4n) is 4.23. The standard InChI is InChI=1S/C19H27NO3/c1-23-17-8-4-7-16(12-17)19(9-2-3-10-19)18(22)20-11-5-6-15(13-20)14-21/h4,7-8,12,15,21H,2-3,5-6,9-11,13-14H2,1H3. The van der Waals surface area contributed by atoms with E-state index in [1.165, 1.54) is 0 Å². The van der Waals surface area contributed by atoms with Crippen LogP contribution >= 0.6 is 0 Å². The molecule has 1 atom stereocenters. The summed E-state index contributed by atoms with van der Waals surface area (Å²) in [6, 6.07) is 8.00. The number of hydrogen-bond donors (Lipinski definition) is 1. The van der Waals surface area contributed by atoms with Gasteiger partial charge in [-0.3, -0.25) is 4.79 Å². The van der Waals surface area contributed by atoms with Crippen molar-refractivity contribution in [3.05, 3.63) is 29.8 Å². The average Bonchev–Trinajstić information content (AvgIpc) is 3.12. The molecule has 2 fully saturated rings. The molecule has 1 saturated heterocycles. The van der Waals surface area contributed by atoms with Crippen LogP contribution in [0.1, 0.15) is 44.1 Å². The molecule has 126 valence electrons. The van der Waals surface area contributed by atoms with Crippen LogP contribution in [0.15, 0.2) is 24.3 Å². The number of rotatable bonds is 4. The third-order valence-corrected chi connectivity index (χ3v) is 5.55. The Morgan fingerprint density at radius 1 is 1.35 bits per heavy atom. The lowest BCUT2D eigenvalue weighted by atomic mass is 9.77. The molecule has 0 bridgehead atoms. The number of benzene rings is 1. The van der Waals surface area contributed by atoms with Gasteiger partial charge in [0, 0.05) is 19.7 Å². The van der Waals surface area contributed by atoms with E-state index in [1.54, 1.807) is 7.11 Å². The maximum Gasteiger partial charge on any atom is 0.233 e. The number of aliphatic hydroxyl groups excluding tert-OH is 1. The van der Waals surface area contributed by atoms with Crippen molar-refractivity contribution in [3.63, 3.8) is 0 Å². The average molecular weight is 317 g/mol. The second kappa shape index (κ2) is 6.91. The summed E-state index contributed by atoms with van der Waals surface area (Å²) in [6.45, 7) is 1.69. The number of ether oxygens (including phenoxy) is 1. The largest absolute Gasteiger partial charge is 0.497 e. The molecule has 1 amide bonds. The number of carbonyl (C=O) groups excluding carboxylic acids is 1. The van der Waals surface area contributed by atoms with Gasteiger partial charge in [-0.2, -0.15) is 0 Å². The summed E-state index contributed by atoms with van der Waals surface area (Å²) in [4.78, 5) is 15.4. The first-order chi connectivity index (χ1) is 11.2. The highest BCUT2D eigenvalue weighted by atomic mass is 16.5. The van der Waals surface area contributed by atoms with E-state index in [1.807, 2.05) is 23.1 Å². The van der Waals surface area contributed by atoms with Crippen molar-refractivity contribution in [1.29, 1.82) is 0 Å². The van der Waals surface area contributed by atoms with Gasteiger partial charge in [-0.15, -0.1) is 0 Å². The summed E-state index contributed by atoms with van der Waals surface area (Å²) in [5, 5.41) is 9.45. The maximum absolute atomic E-state index is 13.4. The first kappa shape index (κ1) is 16.3. The zero-order valence-corrected chi connectivity index (χ0v) is 14.0. The number of methoxy groups -OCH3 is 1. The summed E-state index contributed by atoms with van der Waals surface area (Å²) >= 11 is 0. The van der Waals surface area contributed by atoms with Crippen LogP contribution in [0.25, 0.3) is 0 Å². The number of aliphatic hydroxyl groups is 1. The van der Waals surface area contributed by atoms with E-state index >= 15 is 0 Å². The first-order valence-corrected chi connectivity index (χ1v) is 8.74. The Morgan fingerprint density at radius 2 is 2.13 bits per heavy atom. The second-order valence-corrected chi connectivity index (χ2v) is 6.96. The van der Waals surface area contributed by atoms with E-state index in [9.17, 15) is 9.90 Å². The minimum atomic E-state index is -0.397. The number of nitrogens with zero attached hydrogens (tertiary/aromatic N) is 1. The fraction of sp³-hybridized carbons (Fsp3) is 0.632. The normalized spacial score (nSPS) is 23.7. The molecule has 0 spiro atoms. The van der Waals surface area contributed by atoms with Gasteiger partial charge in [0.1, 0.15) is 5.75 Å². The number of hydrogen-bond acceptors (Lipinski definition) is 3. The van der Waals surface area contributed by atoms with Crippen molar-refractivity contribution < 1.29 is 14.6 Å². The Balaban J connectivity index is 1.89. The van der Waals surface area contributed by atoms with Crippen LogP contribution in [0, 0.1) is 5.92 Å². The molecule has 0 aromatic heterocycles. The summed E-state index contributed by atoms with van der Waals surface area (Å²) < 4.78 is 5.36. The minimum Gasteiger partial charge on any atom is -0.497 e. The van der Waals surface area contributed by atoms with Crippen molar-refractivity contribution in [1.82, 2.24) is 4.90 Å². The lowest BCUT2D eigenvalue weighted by molar-refractivity contribution is -0.139. The molecule has 1 aromatic carbocycles. The zero-order chi connectivity index (χ0) is 16.3. The molecule has 1 aromatic rings. The third kappa shape index (κ3) is 3.09. The number of carbonyl (C=O) groups is 1. The molecule has 1 saturated carbocycles. The molecule has 1 unspecified atom stereocenters. The molecule has 23 heavy (non-hydrogen) atoms. The lowest BCUT2D eigenvalue weighted by Gasteiger charge is -2.39. The Hall–Kier alpha value is -1.55. The van der Waals surface area contributed by atoms with Crippen LogP contribution < -0.4 is 4.74 Å². The van der Waals surface area contributed by atoms with Crippen molar-refractivity contribution in [2.24, 2.45) is 5.92 Å². The van der Waals surface area contributed by atoms with E-state index in [0.29, 0.717) is 6.54 Å². The maximum atomic E-state index is 13.4. The van der Waals surface area contributed by atoms with Gasteiger partial charge in [-0.05, 0) is 49.3 Å². The Labute approximate surface area is 138 Å². The van der Waals surface area contributed by atoms with Gasteiger partial charge in [0.25, 0.3) is 0 Å². The molecule has 0 radical (unpaired) electrons. The van der Waals surface area contributed by atoms with Gasteiger partial charge in [0.15, 0.2) is 0 Å². The fourth-order valence-corrected chi connectivity index (χ4v) is 4.23. The summed E-state index contributed by atoms with van der Waals surface area (Å²) in [6.07, 6.45) is 6.04. The lowest BCUT2D eigenvalue weighted by Crippen LogP contribution is -2.49. The molecule has 1 heterocycles. The highest BCUT2D eigenvalue weighted by Crippen LogP contribution is 2.44. The van der Waals surface area contributed by atoms with Gasteiger partial charge in [-0.1, -0.05) is 25.0 Å². The SMILES string of the molecule is COc1cccc(C2(C(=O)N3CCCC(CO)C3)CCCC2)c1. The third-order valence-electron chi connectivity index (χ3n) is 5.55. The molecule has 1 aliphatic heterocycles. The number of piperidine rings is 1.